The van der Waals surface area contributed by atoms with Gasteiger partial charge in [-0.05, 0) is 60.7 Å². The van der Waals surface area contributed by atoms with Crippen LogP contribution in [0.5, 0.6) is 0 Å². The van der Waals surface area contributed by atoms with Gasteiger partial charge in [-0.1, -0.05) is 54.9 Å². The minimum absolute atomic E-state index is 0.738. The Balaban J connectivity index is 1.90. The van der Waals surface area contributed by atoms with Crippen LogP contribution in [0.4, 0.5) is 0 Å². The molecule has 0 unspecified atom stereocenters. The maximum Gasteiger partial charge on any atom is 0.0708 e. The van der Waals surface area contributed by atoms with E-state index in [2.05, 4.69) is 48.3 Å². The van der Waals surface area contributed by atoms with E-state index < -0.39 is 0 Å². The number of pyridine rings is 1. The lowest BCUT2D eigenvalue weighted by Gasteiger charge is -2.08. The standard InChI is InChI=1S/C21H20ClN/c1-3-16-7-9-17(10-8-16)12-18-11-15(2)23-21(13-18)19-5-4-6-20(22)14-19/h4-11,13-14H,3,12H2,1-2H3. The highest BCUT2D eigenvalue weighted by molar-refractivity contribution is 6.30. The number of rotatable bonds is 4. The summed E-state index contributed by atoms with van der Waals surface area (Å²) in [6.45, 7) is 4.22. The second-order valence-corrected chi connectivity index (χ2v) is 6.30. The molecule has 3 rings (SSSR count). The Morgan fingerprint density at radius 2 is 1.61 bits per heavy atom. The van der Waals surface area contributed by atoms with Gasteiger partial charge in [-0.15, -0.1) is 0 Å². The second-order valence-electron chi connectivity index (χ2n) is 5.86. The van der Waals surface area contributed by atoms with Crippen LogP contribution >= 0.6 is 11.6 Å². The van der Waals surface area contributed by atoms with Gasteiger partial charge in [-0.25, -0.2) is 0 Å². The number of aryl methyl sites for hydroxylation is 2. The van der Waals surface area contributed by atoms with E-state index in [1.165, 1.54) is 16.7 Å². The smallest absolute Gasteiger partial charge is 0.0708 e. The molecule has 0 aliphatic carbocycles. The van der Waals surface area contributed by atoms with Crippen LogP contribution < -0.4 is 0 Å². The van der Waals surface area contributed by atoms with Crippen molar-refractivity contribution in [3.05, 3.63) is 88.1 Å². The predicted molar refractivity (Wildman–Crippen MR) is 98.0 cm³/mol. The summed E-state index contributed by atoms with van der Waals surface area (Å²) < 4.78 is 0. The molecule has 1 heterocycles. The van der Waals surface area contributed by atoms with Gasteiger partial charge in [0, 0.05) is 16.3 Å². The number of nitrogens with zero attached hydrogens (tertiary/aromatic N) is 1. The van der Waals surface area contributed by atoms with Gasteiger partial charge in [0.05, 0.1) is 5.69 Å². The molecule has 0 aliphatic heterocycles. The van der Waals surface area contributed by atoms with Gasteiger partial charge in [-0.2, -0.15) is 0 Å². The lowest BCUT2D eigenvalue weighted by atomic mass is 10.0. The summed E-state index contributed by atoms with van der Waals surface area (Å²) in [4.78, 5) is 4.66. The molecule has 0 saturated heterocycles. The Morgan fingerprint density at radius 3 is 2.30 bits per heavy atom. The third-order valence-corrected chi connectivity index (χ3v) is 4.21. The van der Waals surface area contributed by atoms with Gasteiger partial charge in [-0.3, -0.25) is 4.98 Å². The molecule has 2 heteroatoms. The van der Waals surface area contributed by atoms with Gasteiger partial charge < -0.3 is 0 Å². The maximum atomic E-state index is 6.10. The Labute approximate surface area is 143 Å². The van der Waals surface area contributed by atoms with E-state index in [9.17, 15) is 0 Å². The van der Waals surface area contributed by atoms with Crippen molar-refractivity contribution < 1.29 is 0 Å². The average molecular weight is 322 g/mol. The fourth-order valence-electron chi connectivity index (χ4n) is 2.77. The normalized spacial score (nSPS) is 10.7. The van der Waals surface area contributed by atoms with Crippen LogP contribution in [0.15, 0.2) is 60.7 Å². The molecule has 0 bridgehead atoms. The Bertz CT molecular complexity index is 806. The largest absolute Gasteiger partial charge is 0.253 e. The molecule has 23 heavy (non-hydrogen) atoms. The van der Waals surface area contributed by atoms with Crippen molar-refractivity contribution >= 4 is 11.6 Å². The Morgan fingerprint density at radius 1 is 0.870 bits per heavy atom. The molecule has 0 spiro atoms. The minimum Gasteiger partial charge on any atom is -0.253 e. The van der Waals surface area contributed by atoms with Crippen LogP contribution in [0, 0.1) is 6.92 Å². The van der Waals surface area contributed by atoms with E-state index in [1.807, 2.05) is 31.2 Å². The first-order chi connectivity index (χ1) is 11.1. The van der Waals surface area contributed by atoms with E-state index in [0.29, 0.717) is 0 Å². The lowest BCUT2D eigenvalue weighted by Crippen LogP contribution is -1.94. The van der Waals surface area contributed by atoms with Gasteiger partial charge >= 0.3 is 0 Å². The fraction of sp³-hybridized carbons (Fsp3) is 0.190. The molecular weight excluding hydrogens is 302 g/mol. The quantitative estimate of drug-likeness (QED) is 0.586. The zero-order valence-corrected chi connectivity index (χ0v) is 14.3. The molecule has 0 N–H and O–H groups in total. The molecule has 0 radical (unpaired) electrons. The zero-order valence-electron chi connectivity index (χ0n) is 13.5. The van der Waals surface area contributed by atoms with Crippen molar-refractivity contribution in [2.45, 2.75) is 26.7 Å². The molecule has 1 aromatic heterocycles. The van der Waals surface area contributed by atoms with Crippen molar-refractivity contribution in [3.63, 3.8) is 0 Å². The van der Waals surface area contributed by atoms with E-state index in [0.717, 1.165) is 34.8 Å². The maximum absolute atomic E-state index is 6.10. The first kappa shape index (κ1) is 15.8. The van der Waals surface area contributed by atoms with Crippen molar-refractivity contribution in [3.8, 4) is 11.3 Å². The summed E-state index contributed by atoms with van der Waals surface area (Å²) in [6, 6.07) is 21.0. The molecular formula is C21H20ClN. The fourth-order valence-corrected chi connectivity index (χ4v) is 2.96. The molecule has 0 saturated carbocycles. The minimum atomic E-state index is 0.738. The number of halogens is 1. The first-order valence-electron chi connectivity index (χ1n) is 7.95. The number of benzene rings is 2. The van der Waals surface area contributed by atoms with E-state index in [4.69, 9.17) is 11.6 Å². The van der Waals surface area contributed by atoms with Crippen LogP contribution in [0.1, 0.15) is 29.3 Å². The summed E-state index contributed by atoms with van der Waals surface area (Å²) in [5.41, 5.74) is 7.04. The molecule has 0 fully saturated rings. The third-order valence-electron chi connectivity index (χ3n) is 3.97. The number of hydrogen-bond donors (Lipinski definition) is 0. The van der Waals surface area contributed by atoms with E-state index >= 15 is 0 Å². The second kappa shape index (κ2) is 6.97. The van der Waals surface area contributed by atoms with Crippen molar-refractivity contribution in [2.75, 3.05) is 0 Å². The highest BCUT2D eigenvalue weighted by atomic mass is 35.5. The summed E-state index contributed by atoms with van der Waals surface area (Å²) in [6.07, 6.45) is 1.99. The zero-order chi connectivity index (χ0) is 16.2. The van der Waals surface area contributed by atoms with Gasteiger partial charge in [0.2, 0.25) is 0 Å². The van der Waals surface area contributed by atoms with Crippen LogP contribution in [0.2, 0.25) is 5.02 Å². The average Bonchev–Trinajstić information content (AvgIpc) is 2.55. The predicted octanol–water partition coefficient (Wildman–Crippen LogP) is 5.86. The SMILES string of the molecule is CCc1ccc(Cc2cc(C)nc(-c3cccc(Cl)c3)c2)cc1. The van der Waals surface area contributed by atoms with Crippen LogP contribution in [0.25, 0.3) is 11.3 Å². The highest BCUT2D eigenvalue weighted by Crippen LogP contribution is 2.23. The monoisotopic (exact) mass is 321 g/mol. The molecule has 116 valence electrons. The molecule has 3 aromatic rings. The van der Waals surface area contributed by atoms with Crippen molar-refractivity contribution in [1.29, 1.82) is 0 Å². The van der Waals surface area contributed by atoms with E-state index in [1.54, 1.807) is 0 Å². The lowest BCUT2D eigenvalue weighted by molar-refractivity contribution is 1.10. The van der Waals surface area contributed by atoms with Crippen LogP contribution in [-0.2, 0) is 12.8 Å². The number of hydrogen-bond acceptors (Lipinski definition) is 1. The first-order valence-corrected chi connectivity index (χ1v) is 8.33. The van der Waals surface area contributed by atoms with Crippen LogP contribution in [-0.4, -0.2) is 4.98 Å². The topological polar surface area (TPSA) is 12.9 Å². The molecule has 1 nitrogen and oxygen atoms in total. The molecule has 0 amide bonds. The number of aromatic nitrogens is 1. The van der Waals surface area contributed by atoms with Gasteiger partial charge in [0.15, 0.2) is 0 Å². The molecule has 0 aliphatic rings. The summed E-state index contributed by atoms with van der Waals surface area (Å²) in [5, 5.41) is 0.738. The highest BCUT2D eigenvalue weighted by Gasteiger charge is 2.05. The van der Waals surface area contributed by atoms with Crippen molar-refractivity contribution in [2.24, 2.45) is 0 Å². The summed E-state index contributed by atoms with van der Waals surface area (Å²) in [7, 11) is 0. The van der Waals surface area contributed by atoms with E-state index in [-0.39, 0.29) is 0 Å². The Hall–Kier alpha value is -2.12. The summed E-state index contributed by atoms with van der Waals surface area (Å²) >= 11 is 6.10. The molecule has 0 atom stereocenters. The Kier molecular flexibility index (Phi) is 4.78. The molecule has 2 aromatic carbocycles. The van der Waals surface area contributed by atoms with Crippen LogP contribution in [0.3, 0.4) is 0 Å². The third kappa shape index (κ3) is 4.00. The summed E-state index contributed by atoms with van der Waals surface area (Å²) in [5.74, 6) is 0. The van der Waals surface area contributed by atoms with Gasteiger partial charge in [0.25, 0.3) is 0 Å². The van der Waals surface area contributed by atoms with Gasteiger partial charge in [0.1, 0.15) is 0 Å². The van der Waals surface area contributed by atoms with Crippen molar-refractivity contribution in [1.82, 2.24) is 4.98 Å².